The monoisotopic (exact) mass is 460 g/mol. The number of hydrogen-bond donors (Lipinski definition) is 3. The lowest BCUT2D eigenvalue weighted by atomic mass is 10.0. The number of carbonyl (C=O) groups excluding carboxylic acids is 1. The normalized spacial score (nSPS) is 11.5. The second kappa shape index (κ2) is 25.4. The van der Waals surface area contributed by atoms with E-state index in [1.165, 1.54) is 89.9 Å². The predicted molar refractivity (Wildman–Crippen MR) is 139 cm³/mol. The highest BCUT2D eigenvalue weighted by atomic mass is 31.0. The molecule has 0 aromatic heterocycles. The van der Waals surface area contributed by atoms with Crippen LogP contribution in [0.1, 0.15) is 110 Å². The van der Waals surface area contributed by atoms with E-state index in [4.69, 9.17) is 15.9 Å². The number of ether oxygens (including phenoxy) is 1. The SMILES string of the molecule is CCCCCCCCCCCCCCCCCCOC(=O)C(P)NC(=N)N.CN(C)C. The van der Waals surface area contributed by atoms with Crippen LogP contribution in [0.25, 0.3) is 0 Å². The Labute approximate surface area is 195 Å². The Bertz CT molecular complexity index is 406. The Morgan fingerprint density at radius 2 is 1.16 bits per heavy atom. The van der Waals surface area contributed by atoms with Crippen molar-refractivity contribution in [3.05, 3.63) is 0 Å². The van der Waals surface area contributed by atoms with Gasteiger partial charge in [-0.2, -0.15) is 0 Å². The van der Waals surface area contributed by atoms with Crippen molar-refractivity contribution in [2.24, 2.45) is 5.73 Å². The van der Waals surface area contributed by atoms with Crippen molar-refractivity contribution in [1.29, 1.82) is 5.41 Å². The number of nitrogens with one attached hydrogen (secondary N) is 2. The molecule has 0 bridgehead atoms. The lowest BCUT2D eigenvalue weighted by Crippen LogP contribution is -2.41. The van der Waals surface area contributed by atoms with Gasteiger partial charge < -0.3 is 20.7 Å². The van der Waals surface area contributed by atoms with Gasteiger partial charge in [-0.25, -0.2) is 4.79 Å². The van der Waals surface area contributed by atoms with Gasteiger partial charge in [0.2, 0.25) is 0 Å². The van der Waals surface area contributed by atoms with Crippen LogP contribution in [0.15, 0.2) is 0 Å². The topological polar surface area (TPSA) is 91.4 Å². The summed E-state index contributed by atoms with van der Waals surface area (Å²) in [6.45, 7) is 2.72. The molecule has 0 saturated carbocycles. The maximum absolute atomic E-state index is 11.6. The van der Waals surface area contributed by atoms with Gasteiger partial charge in [-0.3, -0.25) is 5.41 Å². The number of unbranched alkanes of at least 4 members (excludes halogenated alkanes) is 15. The molecule has 0 aliphatic rings. The molecule has 4 N–H and O–H groups in total. The molecule has 0 aromatic carbocycles. The Kier molecular flexibility index (Phi) is 26.5. The quantitative estimate of drug-likeness (QED) is 0.0761. The molecule has 0 radical (unpaired) electrons. The standard InChI is InChI=1S/C21H44N3O2P.C3H9N/c1-2-3-4-5-6-7-8-9-10-11-12-13-14-15-16-17-18-26-20(25)19(27)24-21(22)23;1-4(2)3/h19H,2-18,27H2,1H3,(H4,22,23,24);1-3H3. The molecule has 0 fully saturated rings. The smallest absolute Gasteiger partial charge is 0.332 e. The molecule has 31 heavy (non-hydrogen) atoms. The molecule has 0 saturated heterocycles. The first-order valence-electron chi connectivity index (χ1n) is 12.4. The van der Waals surface area contributed by atoms with Crippen LogP contribution in [-0.4, -0.2) is 50.4 Å². The summed E-state index contributed by atoms with van der Waals surface area (Å²) < 4.78 is 5.15. The molecular formula is C24H53N4O2P. The molecule has 0 amide bonds. The first kappa shape index (κ1) is 32.3. The zero-order chi connectivity index (χ0) is 23.7. The van der Waals surface area contributed by atoms with Gasteiger partial charge in [0, 0.05) is 0 Å². The van der Waals surface area contributed by atoms with Gasteiger partial charge in [0.15, 0.2) is 5.96 Å². The van der Waals surface area contributed by atoms with Crippen molar-refractivity contribution < 1.29 is 9.53 Å². The van der Waals surface area contributed by atoms with Crippen LogP contribution in [0.3, 0.4) is 0 Å². The average Bonchev–Trinajstić information content (AvgIpc) is 2.69. The van der Waals surface area contributed by atoms with E-state index in [0.717, 1.165) is 12.8 Å². The lowest BCUT2D eigenvalue weighted by Gasteiger charge is -2.12. The molecule has 2 unspecified atom stereocenters. The van der Waals surface area contributed by atoms with E-state index >= 15 is 0 Å². The van der Waals surface area contributed by atoms with Crippen LogP contribution in [0.2, 0.25) is 0 Å². The lowest BCUT2D eigenvalue weighted by molar-refractivity contribution is -0.143. The molecule has 0 rings (SSSR count). The van der Waals surface area contributed by atoms with Gasteiger partial charge in [0.25, 0.3) is 0 Å². The van der Waals surface area contributed by atoms with E-state index in [1.54, 1.807) is 0 Å². The minimum absolute atomic E-state index is 0.227. The molecule has 6 nitrogen and oxygen atoms in total. The fourth-order valence-corrected chi connectivity index (χ4v) is 3.41. The van der Waals surface area contributed by atoms with Crippen LogP contribution >= 0.6 is 9.24 Å². The Morgan fingerprint density at radius 3 is 1.48 bits per heavy atom. The summed E-state index contributed by atoms with van der Waals surface area (Å²) in [6, 6.07) is 0. The summed E-state index contributed by atoms with van der Waals surface area (Å²) in [5, 5.41) is 9.57. The van der Waals surface area contributed by atoms with E-state index in [2.05, 4.69) is 21.5 Å². The molecule has 0 aliphatic carbocycles. The van der Waals surface area contributed by atoms with Crippen molar-refractivity contribution in [3.63, 3.8) is 0 Å². The fraction of sp³-hybridized carbons (Fsp3) is 0.917. The van der Waals surface area contributed by atoms with E-state index in [9.17, 15) is 4.79 Å². The average molecular weight is 461 g/mol. The summed E-state index contributed by atoms with van der Waals surface area (Å²) in [7, 11) is 8.29. The first-order chi connectivity index (χ1) is 14.8. The number of guanidine groups is 1. The predicted octanol–water partition coefficient (Wildman–Crippen LogP) is 5.65. The third-order valence-corrected chi connectivity index (χ3v) is 5.25. The largest absolute Gasteiger partial charge is 0.464 e. The Balaban J connectivity index is 0. The van der Waals surface area contributed by atoms with Gasteiger partial charge in [-0.1, -0.05) is 103 Å². The van der Waals surface area contributed by atoms with Crippen molar-refractivity contribution in [1.82, 2.24) is 10.2 Å². The first-order valence-corrected chi connectivity index (χ1v) is 13.1. The Morgan fingerprint density at radius 1 is 0.839 bits per heavy atom. The van der Waals surface area contributed by atoms with Crippen LogP contribution < -0.4 is 11.1 Å². The molecular weight excluding hydrogens is 407 g/mol. The van der Waals surface area contributed by atoms with Crippen LogP contribution in [0, 0.1) is 5.41 Å². The number of rotatable bonds is 19. The van der Waals surface area contributed by atoms with Crippen molar-refractivity contribution >= 4 is 21.2 Å². The molecule has 0 aromatic rings. The summed E-state index contributed by atoms with van der Waals surface area (Å²) in [5.74, 6) is -1.24. The van der Waals surface area contributed by atoms with Gasteiger partial charge in [-0.05, 0) is 27.6 Å². The molecule has 0 heterocycles. The number of nitrogens with two attached hydrogens (primary N) is 1. The molecule has 2 atom stereocenters. The van der Waals surface area contributed by atoms with Gasteiger partial charge in [0.05, 0.1) is 6.61 Å². The molecule has 7 heteroatoms. The second-order valence-electron chi connectivity index (χ2n) is 8.85. The van der Waals surface area contributed by atoms with Crippen LogP contribution in [-0.2, 0) is 9.53 Å². The Hall–Kier alpha value is -0.870. The minimum atomic E-state index is -0.636. The van der Waals surface area contributed by atoms with E-state index in [-0.39, 0.29) is 11.9 Å². The minimum Gasteiger partial charge on any atom is -0.464 e. The van der Waals surface area contributed by atoms with E-state index in [1.807, 2.05) is 26.0 Å². The summed E-state index contributed by atoms with van der Waals surface area (Å²) in [4.78, 5) is 13.6. The summed E-state index contributed by atoms with van der Waals surface area (Å²) in [6.07, 6.45) is 21.3. The highest BCUT2D eigenvalue weighted by molar-refractivity contribution is 7.19. The van der Waals surface area contributed by atoms with Gasteiger partial charge >= 0.3 is 5.97 Å². The highest BCUT2D eigenvalue weighted by Gasteiger charge is 2.13. The molecule has 186 valence electrons. The highest BCUT2D eigenvalue weighted by Crippen LogP contribution is 2.13. The third kappa shape index (κ3) is 31.4. The number of hydrogen-bond acceptors (Lipinski definition) is 4. The molecule has 0 spiro atoms. The maximum Gasteiger partial charge on any atom is 0.332 e. The van der Waals surface area contributed by atoms with Crippen molar-refractivity contribution in [2.75, 3.05) is 27.7 Å². The summed E-state index contributed by atoms with van der Waals surface area (Å²) in [5.41, 5.74) is 5.18. The zero-order valence-electron chi connectivity index (χ0n) is 21.0. The summed E-state index contributed by atoms with van der Waals surface area (Å²) >= 11 is 0. The third-order valence-electron chi connectivity index (χ3n) is 4.81. The van der Waals surface area contributed by atoms with Crippen LogP contribution in [0.4, 0.5) is 0 Å². The number of carbonyl (C=O) groups is 1. The van der Waals surface area contributed by atoms with Crippen molar-refractivity contribution in [3.8, 4) is 0 Å². The van der Waals surface area contributed by atoms with Crippen LogP contribution in [0.5, 0.6) is 0 Å². The number of esters is 1. The maximum atomic E-state index is 11.6. The van der Waals surface area contributed by atoms with E-state index in [0.29, 0.717) is 6.61 Å². The number of nitrogens with zero attached hydrogens (tertiary/aromatic N) is 1. The van der Waals surface area contributed by atoms with Gasteiger partial charge in [-0.15, -0.1) is 9.24 Å². The second-order valence-corrected chi connectivity index (χ2v) is 9.51. The van der Waals surface area contributed by atoms with Crippen molar-refractivity contribution in [2.45, 2.75) is 115 Å². The molecule has 0 aliphatic heterocycles. The fourth-order valence-electron chi connectivity index (χ4n) is 3.14. The van der Waals surface area contributed by atoms with E-state index < -0.39 is 5.78 Å². The van der Waals surface area contributed by atoms with Gasteiger partial charge in [0.1, 0.15) is 5.78 Å². The zero-order valence-corrected chi connectivity index (χ0v) is 22.2.